The molecule has 3 rings (SSSR count). The molecule has 0 aromatic heterocycles. The minimum atomic E-state index is -0.284. The van der Waals surface area contributed by atoms with Crippen molar-refractivity contribution in [2.75, 3.05) is 32.7 Å². The third-order valence-electron chi connectivity index (χ3n) is 4.76. The maximum atomic E-state index is 12.9. The standard InChI is InChI=1S/C21H23N3O3/c1-2-19(25)22-11-10-20(26)23-12-14-24(15-13-23)21(27)18-9-5-7-16-6-3-4-8-17(16)18/h2-9H,1,10-15H2,(H,22,25). The Morgan fingerprint density at radius 3 is 2.37 bits per heavy atom. The minimum absolute atomic E-state index is 0.00264. The van der Waals surface area contributed by atoms with Crippen LogP contribution in [-0.2, 0) is 9.59 Å². The van der Waals surface area contributed by atoms with Crippen LogP contribution in [0.3, 0.4) is 0 Å². The molecule has 0 radical (unpaired) electrons. The predicted molar refractivity (Wildman–Crippen MR) is 104 cm³/mol. The van der Waals surface area contributed by atoms with E-state index in [1.807, 2.05) is 42.5 Å². The largest absolute Gasteiger partial charge is 0.352 e. The van der Waals surface area contributed by atoms with Gasteiger partial charge in [-0.25, -0.2) is 0 Å². The third-order valence-corrected chi connectivity index (χ3v) is 4.76. The van der Waals surface area contributed by atoms with Crippen LogP contribution in [0.15, 0.2) is 55.1 Å². The van der Waals surface area contributed by atoms with Crippen LogP contribution in [0.2, 0.25) is 0 Å². The van der Waals surface area contributed by atoms with Gasteiger partial charge in [-0.2, -0.15) is 0 Å². The summed E-state index contributed by atoms with van der Waals surface area (Å²) in [4.78, 5) is 39.8. The number of nitrogens with one attached hydrogen (secondary N) is 1. The van der Waals surface area contributed by atoms with E-state index in [0.717, 1.165) is 10.8 Å². The van der Waals surface area contributed by atoms with Gasteiger partial charge in [-0.05, 0) is 22.9 Å². The average molecular weight is 365 g/mol. The number of fused-ring (bicyclic) bond motifs is 1. The summed E-state index contributed by atoms with van der Waals surface area (Å²) >= 11 is 0. The zero-order valence-corrected chi connectivity index (χ0v) is 15.2. The van der Waals surface area contributed by atoms with E-state index < -0.39 is 0 Å². The third kappa shape index (κ3) is 4.34. The maximum absolute atomic E-state index is 12.9. The molecule has 0 atom stereocenters. The first kappa shape index (κ1) is 18.6. The summed E-state index contributed by atoms with van der Waals surface area (Å²) in [6, 6.07) is 13.6. The van der Waals surface area contributed by atoms with Gasteiger partial charge in [0.25, 0.3) is 5.91 Å². The fourth-order valence-corrected chi connectivity index (χ4v) is 3.26. The lowest BCUT2D eigenvalue weighted by Gasteiger charge is -2.35. The quantitative estimate of drug-likeness (QED) is 0.822. The number of carbonyl (C=O) groups is 3. The van der Waals surface area contributed by atoms with Crippen molar-refractivity contribution in [1.82, 2.24) is 15.1 Å². The van der Waals surface area contributed by atoms with Gasteiger partial charge in [0, 0.05) is 44.7 Å². The summed E-state index contributed by atoms with van der Waals surface area (Å²) in [6.07, 6.45) is 1.43. The van der Waals surface area contributed by atoms with Gasteiger partial charge in [0.2, 0.25) is 11.8 Å². The Hall–Kier alpha value is -3.15. The molecule has 27 heavy (non-hydrogen) atoms. The molecule has 1 saturated heterocycles. The molecular formula is C21H23N3O3. The van der Waals surface area contributed by atoms with Crippen LogP contribution in [-0.4, -0.2) is 60.2 Å². The fourth-order valence-electron chi connectivity index (χ4n) is 3.26. The summed E-state index contributed by atoms with van der Waals surface area (Å²) in [5.41, 5.74) is 0.694. The van der Waals surface area contributed by atoms with Crippen LogP contribution < -0.4 is 5.32 Å². The van der Waals surface area contributed by atoms with Crippen molar-refractivity contribution in [3.63, 3.8) is 0 Å². The van der Waals surface area contributed by atoms with Crippen molar-refractivity contribution >= 4 is 28.5 Å². The van der Waals surface area contributed by atoms with Gasteiger partial charge in [-0.1, -0.05) is 43.0 Å². The van der Waals surface area contributed by atoms with Gasteiger partial charge < -0.3 is 15.1 Å². The first-order valence-corrected chi connectivity index (χ1v) is 9.05. The molecular weight excluding hydrogens is 342 g/mol. The first-order chi connectivity index (χ1) is 13.1. The molecule has 2 aromatic carbocycles. The van der Waals surface area contributed by atoms with E-state index in [1.165, 1.54) is 6.08 Å². The topological polar surface area (TPSA) is 69.7 Å². The van der Waals surface area contributed by atoms with Crippen LogP contribution in [0.5, 0.6) is 0 Å². The highest BCUT2D eigenvalue weighted by atomic mass is 16.2. The van der Waals surface area contributed by atoms with Crippen molar-refractivity contribution in [2.24, 2.45) is 0 Å². The molecule has 2 aromatic rings. The second-order valence-corrected chi connectivity index (χ2v) is 6.44. The van der Waals surface area contributed by atoms with E-state index in [1.54, 1.807) is 9.80 Å². The van der Waals surface area contributed by atoms with Gasteiger partial charge in [0.1, 0.15) is 0 Å². The number of hydrogen-bond donors (Lipinski definition) is 1. The van der Waals surface area contributed by atoms with Crippen molar-refractivity contribution < 1.29 is 14.4 Å². The summed E-state index contributed by atoms with van der Waals surface area (Å²) in [6.45, 7) is 5.69. The van der Waals surface area contributed by atoms with Crippen LogP contribution >= 0.6 is 0 Å². The van der Waals surface area contributed by atoms with Gasteiger partial charge in [-0.15, -0.1) is 0 Å². The molecule has 0 saturated carbocycles. The van der Waals surface area contributed by atoms with Crippen molar-refractivity contribution in [1.29, 1.82) is 0 Å². The zero-order chi connectivity index (χ0) is 19.2. The molecule has 0 unspecified atom stereocenters. The Kier molecular flexibility index (Phi) is 5.86. The SMILES string of the molecule is C=CC(=O)NCCC(=O)N1CCN(C(=O)c2cccc3ccccc23)CC1. The van der Waals surface area contributed by atoms with Gasteiger partial charge in [-0.3, -0.25) is 14.4 Å². The van der Waals surface area contributed by atoms with E-state index in [9.17, 15) is 14.4 Å². The monoisotopic (exact) mass is 365 g/mol. The maximum Gasteiger partial charge on any atom is 0.254 e. The van der Waals surface area contributed by atoms with Crippen LogP contribution in [0.25, 0.3) is 10.8 Å². The highest BCUT2D eigenvalue weighted by Gasteiger charge is 2.25. The number of hydrogen-bond acceptors (Lipinski definition) is 3. The first-order valence-electron chi connectivity index (χ1n) is 9.05. The summed E-state index contributed by atoms with van der Waals surface area (Å²) < 4.78 is 0. The van der Waals surface area contributed by atoms with Crippen molar-refractivity contribution in [3.8, 4) is 0 Å². The second kappa shape index (κ2) is 8.49. The fraction of sp³-hybridized carbons (Fsp3) is 0.286. The molecule has 1 fully saturated rings. The van der Waals surface area contributed by atoms with E-state index in [0.29, 0.717) is 38.3 Å². The minimum Gasteiger partial charge on any atom is -0.352 e. The molecule has 1 heterocycles. The number of piperazine rings is 1. The van der Waals surface area contributed by atoms with Crippen molar-refractivity contribution in [2.45, 2.75) is 6.42 Å². The van der Waals surface area contributed by atoms with Crippen LogP contribution in [0.1, 0.15) is 16.8 Å². The smallest absolute Gasteiger partial charge is 0.254 e. The normalized spacial score (nSPS) is 14.1. The van der Waals surface area contributed by atoms with Gasteiger partial charge >= 0.3 is 0 Å². The zero-order valence-electron chi connectivity index (χ0n) is 15.2. The molecule has 1 N–H and O–H groups in total. The van der Waals surface area contributed by atoms with Crippen LogP contribution in [0.4, 0.5) is 0 Å². The summed E-state index contributed by atoms with van der Waals surface area (Å²) in [7, 11) is 0. The predicted octanol–water partition coefficient (Wildman–Crippen LogP) is 1.82. The summed E-state index contributed by atoms with van der Waals surface area (Å²) in [5.74, 6) is -0.304. The Labute approximate surface area is 158 Å². The van der Waals surface area contributed by atoms with Gasteiger partial charge in [0.05, 0.1) is 0 Å². The Morgan fingerprint density at radius 2 is 1.63 bits per heavy atom. The lowest BCUT2D eigenvalue weighted by molar-refractivity contribution is -0.132. The molecule has 3 amide bonds. The number of benzene rings is 2. The molecule has 1 aliphatic heterocycles. The summed E-state index contributed by atoms with van der Waals surface area (Å²) in [5, 5.41) is 4.59. The highest BCUT2D eigenvalue weighted by Crippen LogP contribution is 2.20. The molecule has 6 nitrogen and oxygen atoms in total. The lowest BCUT2D eigenvalue weighted by atomic mass is 10.0. The number of nitrogens with zero attached hydrogens (tertiary/aromatic N) is 2. The molecule has 0 spiro atoms. The van der Waals surface area contributed by atoms with Crippen LogP contribution in [0, 0.1) is 0 Å². The average Bonchev–Trinajstić information content (AvgIpc) is 2.72. The second-order valence-electron chi connectivity index (χ2n) is 6.44. The van der Waals surface area contributed by atoms with E-state index >= 15 is 0 Å². The number of rotatable bonds is 5. The molecule has 0 bridgehead atoms. The Bertz CT molecular complexity index is 865. The Morgan fingerprint density at radius 1 is 0.963 bits per heavy atom. The number of amides is 3. The van der Waals surface area contributed by atoms with E-state index in [2.05, 4.69) is 11.9 Å². The highest BCUT2D eigenvalue weighted by molar-refractivity contribution is 6.07. The lowest BCUT2D eigenvalue weighted by Crippen LogP contribution is -2.51. The molecule has 1 aliphatic rings. The van der Waals surface area contributed by atoms with Gasteiger partial charge in [0.15, 0.2) is 0 Å². The Balaban J connectivity index is 1.57. The number of carbonyl (C=O) groups excluding carboxylic acids is 3. The molecule has 0 aliphatic carbocycles. The van der Waals surface area contributed by atoms with E-state index in [4.69, 9.17) is 0 Å². The molecule has 6 heteroatoms. The molecule has 140 valence electrons. The van der Waals surface area contributed by atoms with Crippen molar-refractivity contribution in [3.05, 3.63) is 60.7 Å². The van der Waals surface area contributed by atoms with E-state index in [-0.39, 0.29) is 24.1 Å².